The van der Waals surface area contributed by atoms with Gasteiger partial charge in [-0.05, 0) is 62.2 Å². The van der Waals surface area contributed by atoms with Crippen molar-refractivity contribution in [1.29, 1.82) is 0 Å². The Morgan fingerprint density at radius 2 is 1.92 bits per heavy atom. The summed E-state index contributed by atoms with van der Waals surface area (Å²) >= 11 is 0. The van der Waals surface area contributed by atoms with Crippen LogP contribution in [-0.2, 0) is 6.54 Å². The molecule has 0 spiro atoms. The van der Waals surface area contributed by atoms with Gasteiger partial charge in [0, 0.05) is 24.0 Å². The van der Waals surface area contributed by atoms with Crippen molar-refractivity contribution in [3.8, 4) is 5.75 Å². The third-order valence-corrected chi connectivity index (χ3v) is 4.95. The second-order valence-electron chi connectivity index (χ2n) is 6.66. The van der Waals surface area contributed by atoms with Gasteiger partial charge < -0.3 is 9.52 Å². The lowest BCUT2D eigenvalue weighted by molar-refractivity contribution is 0.253. The Morgan fingerprint density at radius 3 is 2.64 bits per heavy atom. The van der Waals surface area contributed by atoms with Crippen LogP contribution in [-0.4, -0.2) is 17.1 Å². The first-order chi connectivity index (χ1) is 11.9. The van der Waals surface area contributed by atoms with Gasteiger partial charge in [0.1, 0.15) is 11.3 Å². The van der Waals surface area contributed by atoms with E-state index in [0.717, 1.165) is 27.6 Å². The molecule has 0 aliphatic carbocycles. The number of aromatic hydroxyl groups is 1. The SMILES string of the molecule is Cc1ccc2c(CN(C)C(C)c3cccc(O)c3)cc(=O)oc2c1C. The minimum atomic E-state index is -0.324. The molecule has 25 heavy (non-hydrogen) atoms. The highest BCUT2D eigenvalue weighted by molar-refractivity contribution is 5.83. The van der Waals surface area contributed by atoms with Gasteiger partial charge in [-0.1, -0.05) is 24.3 Å². The molecule has 2 aromatic carbocycles. The van der Waals surface area contributed by atoms with Gasteiger partial charge in [-0.25, -0.2) is 4.79 Å². The van der Waals surface area contributed by atoms with Crippen molar-refractivity contribution >= 4 is 11.0 Å². The highest BCUT2D eigenvalue weighted by Crippen LogP contribution is 2.27. The van der Waals surface area contributed by atoms with E-state index >= 15 is 0 Å². The lowest BCUT2D eigenvalue weighted by Crippen LogP contribution is -2.22. The van der Waals surface area contributed by atoms with Crippen LogP contribution in [0.4, 0.5) is 0 Å². The average Bonchev–Trinajstić information content (AvgIpc) is 2.57. The number of phenols is 1. The summed E-state index contributed by atoms with van der Waals surface area (Å²) in [5.74, 6) is 0.259. The van der Waals surface area contributed by atoms with E-state index in [0.29, 0.717) is 12.1 Å². The van der Waals surface area contributed by atoms with E-state index in [1.165, 1.54) is 0 Å². The molecule has 0 saturated heterocycles. The van der Waals surface area contributed by atoms with Crippen LogP contribution in [0.2, 0.25) is 0 Å². The van der Waals surface area contributed by atoms with Crippen molar-refractivity contribution in [2.45, 2.75) is 33.4 Å². The number of rotatable bonds is 4. The van der Waals surface area contributed by atoms with Crippen LogP contribution < -0.4 is 5.63 Å². The lowest BCUT2D eigenvalue weighted by Gasteiger charge is -2.25. The van der Waals surface area contributed by atoms with E-state index in [-0.39, 0.29) is 17.4 Å². The zero-order valence-electron chi connectivity index (χ0n) is 15.0. The molecule has 1 unspecified atom stereocenters. The normalized spacial score (nSPS) is 12.7. The van der Waals surface area contributed by atoms with Crippen LogP contribution >= 0.6 is 0 Å². The third kappa shape index (κ3) is 3.44. The van der Waals surface area contributed by atoms with Crippen molar-refractivity contribution in [2.75, 3.05) is 7.05 Å². The summed E-state index contributed by atoms with van der Waals surface area (Å²) in [7, 11) is 2.01. The molecule has 0 aliphatic heterocycles. The van der Waals surface area contributed by atoms with Gasteiger partial charge in [0.15, 0.2) is 0 Å². The highest BCUT2D eigenvalue weighted by atomic mass is 16.4. The first-order valence-electron chi connectivity index (χ1n) is 8.39. The van der Waals surface area contributed by atoms with E-state index in [9.17, 15) is 9.90 Å². The molecule has 0 bridgehead atoms. The van der Waals surface area contributed by atoms with Crippen molar-refractivity contribution in [2.24, 2.45) is 0 Å². The van der Waals surface area contributed by atoms with Crippen LogP contribution in [0.25, 0.3) is 11.0 Å². The molecule has 3 aromatic rings. The van der Waals surface area contributed by atoms with Crippen molar-refractivity contribution in [3.63, 3.8) is 0 Å². The first-order valence-corrected chi connectivity index (χ1v) is 8.39. The Morgan fingerprint density at radius 1 is 1.16 bits per heavy atom. The Hall–Kier alpha value is -2.59. The molecular formula is C21H23NO3. The van der Waals surface area contributed by atoms with E-state index in [2.05, 4.69) is 17.9 Å². The maximum absolute atomic E-state index is 12.0. The van der Waals surface area contributed by atoms with Crippen LogP contribution in [0.3, 0.4) is 0 Å². The predicted octanol–water partition coefficient (Wildman–Crippen LogP) is 4.31. The molecule has 1 N–H and O–H groups in total. The largest absolute Gasteiger partial charge is 0.508 e. The Labute approximate surface area is 147 Å². The highest BCUT2D eigenvalue weighted by Gasteiger charge is 2.16. The van der Waals surface area contributed by atoms with Crippen LogP contribution in [0.1, 0.15) is 35.2 Å². The number of nitrogens with zero attached hydrogens (tertiary/aromatic N) is 1. The summed E-state index contributed by atoms with van der Waals surface area (Å²) in [4.78, 5) is 14.2. The molecule has 4 nitrogen and oxygen atoms in total. The number of phenolic OH excluding ortho intramolecular Hbond substituents is 1. The molecule has 0 radical (unpaired) electrons. The van der Waals surface area contributed by atoms with Crippen LogP contribution in [0.15, 0.2) is 51.7 Å². The number of benzene rings is 2. The molecule has 1 heterocycles. The molecule has 0 aliphatic rings. The maximum Gasteiger partial charge on any atom is 0.336 e. The van der Waals surface area contributed by atoms with Crippen LogP contribution in [0.5, 0.6) is 5.75 Å². The topological polar surface area (TPSA) is 53.7 Å². The van der Waals surface area contributed by atoms with Gasteiger partial charge >= 0.3 is 5.63 Å². The van der Waals surface area contributed by atoms with Gasteiger partial charge in [0.2, 0.25) is 0 Å². The summed E-state index contributed by atoms with van der Waals surface area (Å²) in [6, 6.07) is 13.0. The molecule has 0 amide bonds. The molecule has 1 aromatic heterocycles. The summed E-state index contributed by atoms with van der Waals surface area (Å²) in [6.07, 6.45) is 0. The van der Waals surface area contributed by atoms with Gasteiger partial charge in [0.25, 0.3) is 0 Å². The summed E-state index contributed by atoms with van der Waals surface area (Å²) < 4.78 is 5.45. The van der Waals surface area contributed by atoms with E-state index < -0.39 is 0 Å². The van der Waals surface area contributed by atoms with E-state index in [4.69, 9.17) is 4.42 Å². The molecule has 1 atom stereocenters. The smallest absolute Gasteiger partial charge is 0.336 e. The third-order valence-electron chi connectivity index (χ3n) is 4.95. The summed E-state index contributed by atoms with van der Waals surface area (Å²) in [5, 5.41) is 10.7. The average molecular weight is 337 g/mol. The van der Waals surface area contributed by atoms with Gasteiger partial charge in [-0.15, -0.1) is 0 Å². The Kier molecular flexibility index (Phi) is 4.64. The lowest BCUT2D eigenvalue weighted by atomic mass is 10.0. The number of fused-ring (bicyclic) bond motifs is 1. The van der Waals surface area contributed by atoms with Gasteiger partial charge in [0.05, 0.1) is 0 Å². The molecule has 3 rings (SSSR count). The fraction of sp³-hybridized carbons (Fsp3) is 0.286. The van der Waals surface area contributed by atoms with Crippen molar-refractivity contribution in [3.05, 3.63) is 75.1 Å². The van der Waals surface area contributed by atoms with Gasteiger partial charge in [-0.3, -0.25) is 4.90 Å². The molecule has 0 fully saturated rings. The quantitative estimate of drug-likeness (QED) is 0.721. The Bertz CT molecular complexity index is 975. The van der Waals surface area contributed by atoms with Crippen molar-refractivity contribution in [1.82, 2.24) is 4.90 Å². The van der Waals surface area contributed by atoms with Gasteiger partial charge in [-0.2, -0.15) is 0 Å². The number of aryl methyl sites for hydroxylation is 2. The maximum atomic E-state index is 12.0. The summed E-state index contributed by atoms with van der Waals surface area (Å²) in [5.41, 5.74) is 4.43. The fourth-order valence-electron chi connectivity index (χ4n) is 3.10. The Balaban J connectivity index is 1.97. The van der Waals surface area contributed by atoms with E-state index in [1.807, 2.05) is 39.1 Å². The second kappa shape index (κ2) is 6.73. The monoisotopic (exact) mass is 337 g/mol. The zero-order valence-corrected chi connectivity index (χ0v) is 15.0. The minimum Gasteiger partial charge on any atom is -0.508 e. The molecular weight excluding hydrogens is 314 g/mol. The predicted molar refractivity (Wildman–Crippen MR) is 99.9 cm³/mol. The second-order valence-corrected chi connectivity index (χ2v) is 6.66. The number of hydrogen-bond donors (Lipinski definition) is 1. The molecule has 130 valence electrons. The fourth-order valence-corrected chi connectivity index (χ4v) is 3.10. The standard InChI is InChI=1S/C21H23NO3/c1-13-8-9-19-17(11-20(24)25-21(19)14(13)2)12-22(4)15(3)16-6-5-7-18(23)10-16/h5-11,15,23H,12H2,1-4H3. The van der Waals surface area contributed by atoms with E-state index in [1.54, 1.807) is 18.2 Å². The minimum absolute atomic E-state index is 0.0981. The molecule has 0 saturated carbocycles. The molecule has 4 heteroatoms. The van der Waals surface area contributed by atoms with Crippen molar-refractivity contribution < 1.29 is 9.52 Å². The van der Waals surface area contributed by atoms with Crippen LogP contribution in [0, 0.1) is 13.8 Å². The number of hydrogen-bond acceptors (Lipinski definition) is 4. The zero-order chi connectivity index (χ0) is 18.1. The first kappa shape index (κ1) is 17.2. The summed E-state index contributed by atoms with van der Waals surface area (Å²) in [6.45, 7) is 6.68.